The van der Waals surface area contributed by atoms with E-state index in [9.17, 15) is 14.7 Å². The van der Waals surface area contributed by atoms with Crippen molar-refractivity contribution in [1.82, 2.24) is 5.32 Å². The van der Waals surface area contributed by atoms with Crippen LogP contribution in [0.25, 0.3) is 0 Å². The minimum absolute atomic E-state index is 0.0392. The molecule has 126 valence electrons. The van der Waals surface area contributed by atoms with Gasteiger partial charge >= 0.3 is 5.97 Å². The highest BCUT2D eigenvalue weighted by molar-refractivity contribution is 7.10. The second-order valence-corrected chi connectivity index (χ2v) is 7.38. The summed E-state index contributed by atoms with van der Waals surface area (Å²) in [6.07, 6.45) is 0.743. The van der Waals surface area contributed by atoms with Crippen LogP contribution in [0.5, 0.6) is 0 Å². The summed E-state index contributed by atoms with van der Waals surface area (Å²) in [6, 6.07) is 9.20. The third kappa shape index (κ3) is 3.51. The Morgan fingerprint density at radius 3 is 2.62 bits per heavy atom. The van der Waals surface area contributed by atoms with Crippen LogP contribution in [-0.2, 0) is 9.59 Å². The first-order valence-corrected chi connectivity index (χ1v) is 8.97. The minimum Gasteiger partial charge on any atom is -0.481 e. The molecule has 1 aromatic heterocycles. The zero-order valence-corrected chi connectivity index (χ0v) is 14.6. The topological polar surface area (TPSA) is 66.4 Å². The molecule has 1 saturated carbocycles. The highest BCUT2D eigenvalue weighted by Gasteiger charge is 2.45. The molecule has 1 heterocycles. The number of carbonyl (C=O) groups is 2. The molecule has 1 fully saturated rings. The van der Waals surface area contributed by atoms with Crippen LogP contribution in [0.4, 0.5) is 0 Å². The molecule has 1 aromatic carbocycles. The maximum atomic E-state index is 12.6. The van der Waals surface area contributed by atoms with Crippen molar-refractivity contribution in [3.8, 4) is 0 Å². The lowest BCUT2D eigenvalue weighted by molar-refractivity contribution is -0.137. The van der Waals surface area contributed by atoms with E-state index in [4.69, 9.17) is 0 Å². The number of nitrogens with one attached hydrogen (secondary N) is 1. The van der Waals surface area contributed by atoms with Gasteiger partial charge in [-0.25, -0.2) is 0 Å². The fraction of sp³-hybridized carbons (Fsp3) is 0.368. The molecule has 24 heavy (non-hydrogen) atoms. The number of hydrogen-bond donors (Lipinski definition) is 2. The van der Waals surface area contributed by atoms with Gasteiger partial charge in [0, 0.05) is 16.7 Å². The first-order valence-electron chi connectivity index (χ1n) is 8.09. The molecule has 0 spiro atoms. The van der Waals surface area contributed by atoms with Crippen molar-refractivity contribution in [2.45, 2.75) is 38.6 Å². The lowest BCUT2D eigenvalue weighted by Crippen LogP contribution is -2.32. The van der Waals surface area contributed by atoms with Gasteiger partial charge in [-0.05, 0) is 48.4 Å². The van der Waals surface area contributed by atoms with E-state index >= 15 is 0 Å². The molecule has 5 heteroatoms. The molecule has 3 unspecified atom stereocenters. The van der Waals surface area contributed by atoms with E-state index in [2.05, 4.69) is 23.7 Å². The molecule has 1 aliphatic carbocycles. The van der Waals surface area contributed by atoms with Gasteiger partial charge in [0.05, 0.1) is 12.5 Å². The Labute approximate surface area is 145 Å². The smallest absolute Gasteiger partial charge is 0.305 e. The van der Waals surface area contributed by atoms with Gasteiger partial charge in [-0.15, -0.1) is 11.3 Å². The molecular weight excluding hydrogens is 322 g/mol. The highest BCUT2D eigenvalue weighted by atomic mass is 32.1. The Balaban J connectivity index is 1.72. The number of aliphatic carboxylic acids is 1. The number of carbonyl (C=O) groups excluding carboxylic acids is 1. The first kappa shape index (κ1) is 16.7. The van der Waals surface area contributed by atoms with Crippen LogP contribution in [0.15, 0.2) is 35.7 Å². The van der Waals surface area contributed by atoms with Crippen LogP contribution in [-0.4, -0.2) is 17.0 Å². The summed E-state index contributed by atoms with van der Waals surface area (Å²) in [6.45, 7) is 4.00. The van der Waals surface area contributed by atoms with E-state index in [-0.39, 0.29) is 24.2 Å². The van der Waals surface area contributed by atoms with Gasteiger partial charge in [0.1, 0.15) is 0 Å². The molecule has 2 N–H and O–H groups in total. The number of carboxylic acids is 1. The molecule has 0 radical (unpaired) electrons. The van der Waals surface area contributed by atoms with Gasteiger partial charge in [0.15, 0.2) is 0 Å². The van der Waals surface area contributed by atoms with E-state index in [1.54, 1.807) is 11.3 Å². The van der Waals surface area contributed by atoms with Crippen molar-refractivity contribution in [2.75, 3.05) is 0 Å². The summed E-state index contributed by atoms with van der Waals surface area (Å²) in [7, 11) is 0. The van der Waals surface area contributed by atoms with Crippen LogP contribution in [0.3, 0.4) is 0 Å². The molecule has 3 atom stereocenters. The summed E-state index contributed by atoms with van der Waals surface area (Å²) in [5.74, 6) is -0.706. The molecule has 3 rings (SSSR count). The number of rotatable bonds is 6. The van der Waals surface area contributed by atoms with Crippen LogP contribution in [0.2, 0.25) is 0 Å². The monoisotopic (exact) mass is 343 g/mol. The molecule has 0 bridgehead atoms. The molecule has 1 aliphatic rings. The first-order chi connectivity index (χ1) is 11.5. The predicted octanol–water partition coefficient (Wildman–Crippen LogP) is 3.80. The minimum atomic E-state index is -0.912. The maximum absolute atomic E-state index is 12.6. The van der Waals surface area contributed by atoms with Crippen LogP contribution in [0, 0.1) is 19.8 Å². The number of amides is 1. The van der Waals surface area contributed by atoms with E-state index in [0.717, 1.165) is 17.5 Å². The second-order valence-electron chi connectivity index (χ2n) is 6.43. The number of benzene rings is 1. The average Bonchev–Trinajstić information content (AvgIpc) is 3.21. The number of thiophene rings is 1. The number of hydrogen-bond acceptors (Lipinski definition) is 3. The Kier molecular flexibility index (Phi) is 4.71. The molecular formula is C19H21NO3S. The lowest BCUT2D eigenvalue weighted by Gasteiger charge is -2.19. The van der Waals surface area contributed by atoms with E-state index in [1.807, 2.05) is 31.2 Å². The van der Waals surface area contributed by atoms with Crippen LogP contribution < -0.4 is 5.32 Å². The van der Waals surface area contributed by atoms with Gasteiger partial charge in [-0.3, -0.25) is 9.59 Å². The van der Waals surface area contributed by atoms with Crippen molar-refractivity contribution in [3.05, 3.63) is 57.3 Å². The Morgan fingerprint density at radius 2 is 2.00 bits per heavy atom. The average molecular weight is 343 g/mol. The zero-order valence-electron chi connectivity index (χ0n) is 13.8. The standard InChI is InChI=1S/C19H21NO3S/c1-11-5-3-4-6-13(11)16(10-17(21)22)20-19(23)15-9-14(15)18-12(2)7-8-24-18/h3-8,14-16H,9-10H2,1-2H3,(H,20,23)(H,21,22). The van der Waals surface area contributed by atoms with Crippen LogP contribution >= 0.6 is 11.3 Å². The maximum Gasteiger partial charge on any atom is 0.305 e. The van der Waals surface area contributed by atoms with Gasteiger partial charge in [0.2, 0.25) is 5.91 Å². The molecule has 0 saturated heterocycles. The van der Waals surface area contributed by atoms with E-state index in [0.29, 0.717) is 0 Å². The number of aryl methyl sites for hydroxylation is 2. The quantitative estimate of drug-likeness (QED) is 0.838. The lowest BCUT2D eigenvalue weighted by atomic mass is 9.98. The van der Waals surface area contributed by atoms with Crippen molar-refractivity contribution >= 4 is 23.2 Å². The van der Waals surface area contributed by atoms with Crippen LogP contribution in [0.1, 0.15) is 46.4 Å². The van der Waals surface area contributed by atoms with Gasteiger partial charge in [-0.2, -0.15) is 0 Å². The summed E-state index contributed by atoms with van der Waals surface area (Å²) in [5.41, 5.74) is 3.10. The van der Waals surface area contributed by atoms with Crippen molar-refractivity contribution in [1.29, 1.82) is 0 Å². The summed E-state index contributed by atoms with van der Waals surface area (Å²) < 4.78 is 0. The molecule has 4 nitrogen and oxygen atoms in total. The SMILES string of the molecule is Cc1ccccc1C(CC(=O)O)NC(=O)C1CC1c1sccc1C. The highest BCUT2D eigenvalue weighted by Crippen LogP contribution is 2.50. The third-order valence-electron chi connectivity index (χ3n) is 4.62. The predicted molar refractivity (Wildman–Crippen MR) is 94.2 cm³/mol. The fourth-order valence-electron chi connectivity index (χ4n) is 3.21. The second kappa shape index (κ2) is 6.77. The third-order valence-corrected chi connectivity index (χ3v) is 5.78. The van der Waals surface area contributed by atoms with Gasteiger partial charge in [-0.1, -0.05) is 24.3 Å². The Morgan fingerprint density at radius 1 is 1.25 bits per heavy atom. The van der Waals surface area contributed by atoms with Crippen molar-refractivity contribution < 1.29 is 14.7 Å². The fourth-order valence-corrected chi connectivity index (χ4v) is 4.32. The summed E-state index contributed by atoms with van der Waals surface area (Å²) in [4.78, 5) is 25.1. The Bertz CT molecular complexity index is 767. The summed E-state index contributed by atoms with van der Waals surface area (Å²) in [5, 5.41) is 14.2. The molecule has 2 aromatic rings. The normalized spacial score (nSPS) is 20.4. The van der Waals surface area contributed by atoms with E-state index < -0.39 is 12.0 Å². The van der Waals surface area contributed by atoms with Crippen molar-refractivity contribution in [3.63, 3.8) is 0 Å². The summed E-state index contributed by atoms with van der Waals surface area (Å²) >= 11 is 1.70. The molecule has 0 aliphatic heterocycles. The number of carboxylic acid groups (broad SMARTS) is 1. The van der Waals surface area contributed by atoms with E-state index in [1.165, 1.54) is 10.4 Å². The molecule has 1 amide bonds. The van der Waals surface area contributed by atoms with Gasteiger partial charge in [0.25, 0.3) is 0 Å². The largest absolute Gasteiger partial charge is 0.481 e. The van der Waals surface area contributed by atoms with Gasteiger partial charge < -0.3 is 10.4 Å². The van der Waals surface area contributed by atoms with Crippen molar-refractivity contribution in [2.24, 2.45) is 5.92 Å². The zero-order chi connectivity index (χ0) is 17.3. The Hall–Kier alpha value is -2.14.